The van der Waals surface area contributed by atoms with Crippen molar-refractivity contribution >= 4 is 5.91 Å². The van der Waals surface area contributed by atoms with Gasteiger partial charge >= 0.3 is 0 Å². The zero-order valence-corrected chi connectivity index (χ0v) is 19.3. The van der Waals surface area contributed by atoms with Gasteiger partial charge in [-0.05, 0) is 57.0 Å². The van der Waals surface area contributed by atoms with Crippen LogP contribution in [-0.2, 0) is 0 Å². The molecule has 2 aliphatic rings. The summed E-state index contributed by atoms with van der Waals surface area (Å²) >= 11 is 0. The number of ether oxygens (including phenoxy) is 3. The lowest BCUT2D eigenvalue weighted by molar-refractivity contribution is -0.0310. The van der Waals surface area contributed by atoms with Crippen LogP contribution in [0.25, 0.3) is 0 Å². The molecule has 0 bridgehead atoms. The summed E-state index contributed by atoms with van der Waals surface area (Å²) in [6.45, 7) is 6.98. The molecule has 2 atom stereocenters. The van der Waals surface area contributed by atoms with Crippen molar-refractivity contribution in [2.24, 2.45) is 0 Å². The summed E-state index contributed by atoms with van der Waals surface area (Å²) in [5.41, 5.74) is 1.31. The second-order valence-corrected chi connectivity index (χ2v) is 9.20. The number of para-hydroxylation sites is 1. The third kappa shape index (κ3) is 4.42. The van der Waals surface area contributed by atoms with E-state index < -0.39 is 6.10 Å². The van der Waals surface area contributed by atoms with Crippen molar-refractivity contribution in [1.29, 1.82) is 0 Å². The third-order valence-electron chi connectivity index (χ3n) is 6.55. The monoisotopic (exact) mass is 439 g/mol. The molecule has 6 nitrogen and oxygen atoms in total. The number of rotatable bonds is 5. The van der Waals surface area contributed by atoms with Crippen LogP contribution < -0.4 is 14.2 Å². The Morgan fingerprint density at radius 2 is 1.84 bits per heavy atom. The number of hydrogen-bond donors (Lipinski definition) is 1. The first-order chi connectivity index (χ1) is 15.3. The van der Waals surface area contributed by atoms with Crippen molar-refractivity contribution in [1.82, 2.24) is 4.90 Å². The van der Waals surface area contributed by atoms with Gasteiger partial charge in [-0.1, -0.05) is 18.2 Å². The molecule has 1 spiro atoms. The summed E-state index contributed by atoms with van der Waals surface area (Å²) in [5, 5.41) is 10.4. The molecule has 0 aromatic heterocycles. The smallest absolute Gasteiger partial charge is 0.253 e. The number of amides is 1. The van der Waals surface area contributed by atoms with Crippen LogP contribution in [0.4, 0.5) is 0 Å². The molecule has 2 heterocycles. The number of nitrogens with zero attached hydrogens (tertiary/aromatic N) is 1. The van der Waals surface area contributed by atoms with E-state index in [1.165, 1.54) is 0 Å². The van der Waals surface area contributed by atoms with E-state index in [1.54, 1.807) is 25.3 Å². The summed E-state index contributed by atoms with van der Waals surface area (Å²) in [7, 11) is 1.58. The van der Waals surface area contributed by atoms with E-state index in [0.29, 0.717) is 30.2 Å². The molecular weight excluding hydrogens is 406 g/mol. The van der Waals surface area contributed by atoms with Crippen LogP contribution in [0.5, 0.6) is 17.2 Å². The Kier molecular flexibility index (Phi) is 6.33. The second-order valence-electron chi connectivity index (χ2n) is 9.20. The van der Waals surface area contributed by atoms with E-state index in [9.17, 15) is 9.90 Å². The molecule has 0 aliphatic carbocycles. The quantitative estimate of drug-likeness (QED) is 0.748. The van der Waals surface area contributed by atoms with E-state index in [2.05, 4.69) is 0 Å². The molecule has 1 amide bonds. The fraction of sp³-hybridized carbons (Fsp3) is 0.500. The first kappa shape index (κ1) is 22.5. The molecule has 4 rings (SSSR count). The minimum atomic E-state index is -0.448. The fourth-order valence-corrected chi connectivity index (χ4v) is 4.85. The maximum atomic E-state index is 13.2. The van der Waals surface area contributed by atoms with Crippen LogP contribution in [-0.4, -0.2) is 53.9 Å². The van der Waals surface area contributed by atoms with Crippen molar-refractivity contribution in [2.45, 2.75) is 63.8 Å². The summed E-state index contributed by atoms with van der Waals surface area (Å²) < 4.78 is 17.7. The maximum absolute atomic E-state index is 13.2. The molecular formula is C26H33NO5. The van der Waals surface area contributed by atoms with Crippen LogP contribution in [0.15, 0.2) is 42.5 Å². The van der Waals surface area contributed by atoms with Gasteiger partial charge < -0.3 is 24.2 Å². The Labute approximate surface area is 190 Å². The molecule has 172 valence electrons. The predicted octanol–water partition coefficient (Wildman–Crippen LogP) is 4.40. The highest BCUT2D eigenvalue weighted by Crippen LogP contribution is 2.46. The fourth-order valence-electron chi connectivity index (χ4n) is 4.85. The van der Waals surface area contributed by atoms with Crippen molar-refractivity contribution in [3.8, 4) is 17.2 Å². The van der Waals surface area contributed by atoms with Gasteiger partial charge in [0.1, 0.15) is 11.4 Å². The van der Waals surface area contributed by atoms with Crippen LogP contribution in [0, 0.1) is 0 Å². The molecule has 2 aromatic rings. The maximum Gasteiger partial charge on any atom is 0.253 e. The minimum absolute atomic E-state index is 0.0162. The highest BCUT2D eigenvalue weighted by molar-refractivity contribution is 5.95. The first-order valence-corrected chi connectivity index (χ1v) is 11.4. The zero-order valence-electron chi connectivity index (χ0n) is 19.3. The van der Waals surface area contributed by atoms with Crippen molar-refractivity contribution < 1.29 is 24.1 Å². The largest absolute Gasteiger partial charge is 0.493 e. The lowest BCUT2D eigenvalue weighted by Crippen LogP contribution is -2.52. The average Bonchev–Trinajstić information content (AvgIpc) is 2.78. The highest BCUT2D eigenvalue weighted by atomic mass is 16.5. The van der Waals surface area contributed by atoms with Gasteiger partial charge in [0.15, 0.2) is 11.5 Å². The van der Waals surface area contributed by atoms with E-state index in [-0.39, 0.29) is 23.5 Å². The Balaban J connectivity index is 1.47. The Morgan fingerprint density at radius 1 is 1.12 bits per heavy atom. The number of hydrogen-bond acceptors (Lipinski definition) is 5. The predicted molar refractivity (Wildman–Crippen MR) is 123 cm³/mol. The number of fused-ring (bicyclic) bond motifs is 1. The SMILES string of the molecule is COc1cc(C(=O)N2CCC3(CC2)CC(C(C)O)c2ccccc2O3)ccc1OC(C)C. The van der Waals surface area contributed by atoms with Gasteiger partial charge in [-0.15, -0.1) is 0 Å². The Hall–Kier alpha value is -2.73. The van der Waals surface area contributed by atoms with Gasteiger partial charge in [0.2, 0.25) is 0 Å². The number of methoxy groups -OCH3 is 1. The van der Waals surface area contributed by atoms with E-state index in [0.717, 1.165) is 30.6 Å². The molecule has 2 aromatic carbocycles. The number of aliphatic hydroxyl groups excluding tert-OH is 1. The number of benzene rings is 2. The number of likely N-dealkylation sites (tertiary alicyclic amines) is 1. The molecule has 2 unspecified atom stereocenters. The summed E-state index contributed by atoms with van der Waals surface area (Å²) in [6, 6.07) is 13.3. The van der Waals surface area contributed by atoms with Crippen molar-refractivity contribution in [3.05, 3.63) is 53.6 Å². The van der Waals surface area contributed by atoms with Crippen LogP contribution in [0.3, 0.4) is 0 Å². The van der Waals surface area contributed by atoms with E-state index in [1.807, 2.05) is 49.9 Å². The highest BCUT2D eigenvalue weighted by Gasteiger charge is 2.45. The van der Waals surface area contributed by atoms with E-state index >= 15 is 0 Å². The molecule has 32 heavy (non-hydrogen) atoms. The summed E-state index contributed by atoms with van der Waals surface area (Å²) in [5.74, 6) is 2.08. The molecule has 0 saturated carbocycles. The van der Waals surface area contributed by atoms with Crippen LogP contribution >= 0.6 is 0 Å². The summed E-state index contributed by atoms with van der Waals surface area (Å²) in [4.78, 5) is 15.1. The molecule has 0 radical (unpaired) electrons. The van der Waals surface area contributed by atoms with Crippen molar-refractivity contribution in [3.63, 3.8) is 0 Å². The van der Waals surface area contributed by atoms with Gasteiger partial charge in [0, 0.05) is 37.4 Å². The normalized spacial score (nSPS) is 20.4. The topological polar surface area (TPSA) is 68.2 Å². The van der Waals surface area contributed by atoms with Gasteiger partial charge in [-0.3, -0.25) is 4.79 Å². The molecule has 1 fully saturated rings. The van der Waals surface area contributed by atoms with E-state index in [4.69, 9.17) is 14.2 Å². The molecule has 1 saturated heterocycles. The lowest BCUT2D eigenvalue weighted by Gasteiger charge is -2.47. The minimum Gasteiger partial charge on any atom is -0.493 e. The van der Waals surface area contributed by atoms with Gasteiger partial charge in [-0.25, -0.2) is 0 Å². The number of carbonyl (C=O) groups excluding carboxylic acids is 1. The third-order valence-corrected chi connectivity index (χ3v) is 6.55. The standard InChI is InChI=1S/C26H33NO5/c1-17(2)31-23-10-9-19(15-24(23)30-4)25(29)27-13-11-26(12-14-27)16-21(18(3)28)20-7-5-6-8-22(20)32-26/h5-10,15,17-18,21,28H,11-14,16H2,1-4H3. The molecule has 2 aliphatic heterocycles. The van der Waals surface area contributed by atoms with Crippen molar-refractivity contribution in [2.75, 3.05) is 20.2 Å². The Bertz CT molecular complexity index is 962. The molecule has 6 heteroatoms. The first-order valence-electron chi connectivity index (χ1n) is 11.4. The van der Waals surface area contributed by atoms with Gasteiger partial charge in [0.25, 0.3) is 5.91 Å². The van der Waals surface area contributed by atoms with Crippen LogP contribution in [0.1, 0.15) is 61.9 Å². The van der Waals surface area contributed by atoms with Gasteiger partial charge in [0.05, 0.1) is 19.3 Å². The zero-order chi connectivity index (χ0) is 22.9. The summed E-state index contributed by atoms with van der Waals surface area (Å²) in [6.07, 6.45) is 1.81. The number of piperidine rings is 1. The van der Waals surface area contributed by atoms with Gasteiger partial charge in [-0.2, -0.15) is 0 Å². The number of aliphatic hydroxyl groups is 1. The lowest BCUT2D eigenvalue weighted by atomic mass is 9.75. The Morgan fingerprint density at radius 3 is 2.50 bits per heavy atom. The number of carbonyl (C=O) groups is 1. The molecule has 1 N–H and O–H groups in total. The van der Waals surface area contributed by atoms with Crippen LogP contribution in [0.2, 0.25) is 0 Å². The second kappa shape index (κ2) is 9.02. The average molecular weight is 440 g/mol.